The fourth-order valence-corrected chi connectivity index (χ4v) is 1.62. The molecule has 0 radical (unpaired) electrons. The molecule has 3 heteroatoms. The molecule has 2 rings (SSSR count). The van der Waals surface area contributed by atoms with Crippen LogP contribution in [-0.2, 0) is 9.53 Å². The summed E-state index contributed by atoms with van der Waals surface area (Å²) in [4.78, 5) is 11.4. The predicted octanol–water partition coefficient (Wildman–Crippen LogP) is 1.73. The van der Waals surface area contributed by atoms with E-state index in [1.54, 1.807) is 6.20 Å². The van der Waals surface area contributed by atoms with Crippen LogP contribution < -0.4 is 5.32 Å². The van der Waals surface area contributed by atoms with Crippen LogP contribution in [0.2, 0.25) is 0 Å². The molecular formula is C13H13NO2. The molecule has 1 aromatic carbocycles. The molecule has 16 heavy (non-hydrogen) atoms. The van der Waals surface area contributed by atoms with Crippen molar-refractivity contribution in [2.45, 2.75) is 0 Å². The van der Waals surface area contributed by atoms with Crippen LogP contribution in [0.4, 0.5) is 0 Å². The summed E-state index contributed by atoms with van der Waals surface area (Å²) in [6, 6.07) is 9.97. The van der Waals surface area contributed by atoms with Crippen molar-refractivity contribution in [3.05, 3.63) is 53.7 Å². The second-order valence-electron chi connectivity index (χ2n) is 3.51. The lowest BCUT2D eigenvalue weighted by Crippen LogP contribution is -2.18. The van der Waals surface area contributed by atoms with E-state index in [9.17, 15) is 4.79 Å². The molecule has 0 atom stereocenters. The maximum absolute atomic E-state index is 11.4. The van der Waals surface area contributed by atoms with Crippen molar-refractivity contribution < 1.29 is 9.53 Å². The first-order chi connectivity index (χ1) is 7.81. The molecule has 0 fully saturated rings. The van der Waals surface area contributed by atoms with Gasteiger partial charge >= 0.3 is 5.97 Å². The number of hydrogen-bond donors (Lipinski definition) is 1. The summed E-state index contributed by atoms with van der Waals surface area (Å²) in [5.41, 5.74) is 2.75. The summed E-state index contributed by atoms with van der Waals surface area (Å²) in [7, 11) is 1.38. The molecule has 0 aliphatic carbocycles. The van der Waals surface area contributed by atoms with Crippen molar-refractivity contribution in [2.75, 3.05) is 13.7 Å². The predicted molar refractivity (Wildman–Crippen MR) is 62.5 cm³/mol. The Bertz CT molecular complexity index is 446. The maximum atomic E-state index is 11.4. The molecular weight excluding hydrogens is 202 g/mol. The van der Waals surface area contributed by atoms with Gasteiger partial charge in [0.15, 0.2) is 0 Å². The second-order valence-corrected chi connectivity index (χ2v) is 3.51. The number of esters is 1. The maximum Gasteiger partial charge on any atom is 0.339 e. The monoisotopic (exact) mass is 215 g/mol. The molecule has 0 unspecified atom stereocenters. The smallest absolute Gasteiger partial charge is 0.339 e. The lowest BCUT2D eigenvalue weighted by molar-refractivity contribution is -0.135. The minimum absolute atomic E-state index is 0.319. The fraction of sp³-hybridized carbons (Fsp3) is 0.154. The van der Waals surface area contributed by atoms with Crippen LogP contribution in [0.15, 0.2) is 48.2 Å². The van der Waals surface area contributed by atoms with Crippen LogP contribution in [0.25, 0.3) is 5.57 Å². The van der Waals surface area contributed by atoms with Crippen molar-refractivity contribution in [3.8, 4) is 0 Å². The molecule has 0 saturated heterocycles. The number of rotatable bonds is 2. The quantitative estimate of drug-likeness (QED) is 0.763. The largest absolute Gasteiger partial charge is 0.465 e. The number of carbonyl (C=O) groups excluding carboxylic acids is 1. The minimum atomic E-state index is -0.319. The molecule has 1 heterocycles. The molecule has 0 spiro atoms. The summed E-state index contributed by atoms with van der Waals surface area (Å²) in [5, 5.41) is 3.07. The van der Waals surface area contributed by atoms with Crippen LogP contribution in [0, 0.1) is 0 Å². The number of methoxy groups -OCH3 is 1. The Morgan fingerprint density at radius 1 is 1.31 bits per heavy atom. The molecule has 0 amide bonds. The van der Waals surface area contributed by atoms with Gasteiger partial charge in [0.25, 0.3) is 0 Å². The van der Waals surface area contributed by atoms with Gasteiger partial charge in [-0.3, -0.25) is 0 Å². The molecule has 0 saturated carbocycles. The average molecular weight is 215 g/mol. The van der Waals surface area contributed by atoms with Crippen molar-refractivity contribution in [1.82, 2.24) is 5.32 Å². The van der Waals surface area contributed by atoms with Gasteiger partial charge in [0, 0.05) is 12.7 Å². The van der Waals surface area contributed by atoms with E-state index in [0.717, 1.165) is 17.7 Å². The summed E-state index contributed by atoms with van der Waals surface area (Å²) >= 11 is 0. The number of nitrogens with one attached hydrogen (secondary N) is 1. The first-order valence-electron chi connectivity index (χ1n) is 5.09. The van der Waals surface area contributed by atoms with Gasteiger partial charge in [-0.25, -0.2) is 4.79 Å². The van der Waals surface area contributed by atoms with Gasteiger partial charge in [-0.2, -0.15) is 0 Å². The molecule has 1 N–H and O–H groups in total. The molecule has 0 aromatic heterocycles. The highest BCUT2D eigenvalue weighted by atomic mass is 16.5. The third-order valence-electron chi connectivity index (χ3n) is 2.45. The van der Waals surface area contributed by atoms with E-state index in [2.05, 4.69) is 10.1 Å². The first-order valence-corrected chi connectivity index (χ1v) is 5.09. The van der Waals surface area contributed by atoms with Crippen LogP contribution in [0.3, 0.4) is 0 Å². The SMILES string of the molecule is COC(=O)C1=CNCC(c2ccccc2)=C1. The van der Waals surface area contributed by atoms with Crippen LogP contribution in [0.5, 0.6) is 0 Å². The van der Waals surface area contributed by atoms with Crippen molar-refractivity contribution in [1.29, 1.82) is 0 Å². The minimum Gasteiger partial charge on any atom is -0.465 e. The average Bonchev–Trinajstić information content (AvgIpc) is 2.39. The molecule has 1 aromatic rings. The molecule has 3 nitrogen and oxygen atoms in total. The van der Waals surface area contributed by atoms with Gasteiger partial charge in [0.1, 0.15) is 0 Å². The summed E-state index contributed by atoms with van der Waals surface area (Å²) < 4.78 is 4.68. The highest BCUT2D eigenvalue weighted by molar-refractivity contribution is 5.94. The molecule has 82 valence electrons. The molecule has 1 aliphatic rings. The van der Waals surface area contributed by atoms with Crippen molar-refractivity contribution >= 4 is 11.5 Å². The van der Waals surface area contributed by atoms with Crippen molar-refractivity contribution in [3.63, 3.8) is 0 Å². The van der Waals surface area contributed by atoms with E-state index in [4.69, 9.17) is 0 Å². The lowest BCUT2D eigenvalue weighted by Gasteiger charge is -2.14. The zero-order valence-electron chi connectivity index (χ0n) is 9.07. The van der Waals surface area contributed by atoms with Gasteiger partial charge in [-0.05, 0) is 17.2 Å². The number of carbonyl (C=O) groups is 1. The summed E-state index contributed by atoms with van der Waals surface area (Å²) in [6.45, 7) is 0.727. The molecule has 1 aliphatic heterocycles. The Labute approximate surface area is 94.4 Å². The second kappa shape index (κ2) is 4.66. The zero-order valence-corrected chi connectivity index (χ0v) is 9.07. The van der Waals surface area contributed by atoms with E-state index in [1.165, 1.54) is 7.11 Å². The topological polar surface area (TPSA) is 38.3 Å². The standard InChI is InChI=1S/C13H13NO2/c1-16-13(15)12-7-11(8-14-9-12)10-5-3-2-4-6-10/h2-7,9,14H,8H2,1H3. The first kappa shape index (κ1) is 10.5. The van der Waals surface area contributed by atoms with E-state index in [-0.39, 0.29) is 5.97 Å². The Morgan fingerprint density at radius 3 is 2.75 bits per heavy atom. The van der Waals surface area contributed by atoms with Gasteiger partial charge in [-0.15, -0.1) is 0 Å². The van der Waals surface area contributed by atoms with Crippen LogP contribution >= 0.6 is 0 Å². The van der Waals surface area contributed by atoms with E-state index in [1.807, 2.05) is 36.4 Å². The zero-order chi connectivity index (χ0) is 11.4. The Morgan fingerprint density at radius 2 is 2.06 bits per heavy atom. The number of benzene rings is 1. The van der Waals surface area contributed by atoms with Gasteiger partial charge < -0.3 is 10.1 Å². The number of hydrogen-bond acceptors (Lipinski definition) is 3. The fourth-order valence-electron chi connectivity index (χ4n) is 1.62. The highest BCUT2D eigenvalue weighted by Gasteiger charge is 2.12. The molecule has 0 bridgehead atoms. The Hall–Kier alpha value is -2.03. The third-order valence-corrected chi connectivity index (χ3v) is 2.45. The Kier molecular flexibility index (Phi) is 3.05. The summed E-state index contributed by atoms with van der Waals surface area (Å²) in [6.07, 6.45) is 3.54. The van der Waals surface area contributed by atoms with Gasteiger partial charge in [0.05, 0.1) is 12.7 Å². The van der Waals surface area contributed by atoms with Gasteiger partial charge in [-0.1, -0.05) is 30.3 Å². The van der Waals surface area contributed by atoms with Crippen molar-refractivity contribution in [2.24, 2.45) is 0 Å². The van der Waals surface area contributed by atoms with Crippen LogP contribution in [-0.4, -0.2) is 19.6 Å². The van der Waals surface area contributed by atoms with E-state index in [0.29, 0.717) is 5.57 Å². The van der Waals surface area contributed by atoms with E-state index < -0.39 is 0 Å². The Balaban J connectivity index is 2.28. The summed E-state index contributed by atoms with van der Waals surface area (Å²) in [5.74, 6) is -0.319. The number of ether oxygens (including phenoxy) is 1. The third kappa shape index (κ3) is 2.14. The van der Waals surface area contributed by atoms with E-state index >= 15 is 0 Å². The van der Waals surface area contributed by atoms with Crippen LogP contribution in [0.1, 0.15) is 5.56 Å². The highest BCUT2D eigenvalue weighted by Crippen LogP contribution is 2.18. The lowest BCUT2D eigenvalue weighted by atomic mass is 10.0. The normalized spacial score (nSPS) is 14.6. The number of dihydropyridines is 1. The van der Waals surface area contributed by atoms with Gasteiger partial charge in [0.2, 0.25) is 0 Å².